The molecule has 1 aliphatic heterocycles. The van der Waals surface area contributed by atoms with Gasteiger partial charge in [0, 0.05) is 33.6 Å². The molecule has 2 N–H and O–H groups in total. The number of pyridine rings is 1. The number of benzene rings is 1. The number of halogens is 3. The average Bonchev–Trinajstić information content (AvgIpc) is 3.13. The van der Waals surface area contributed by atoms with E-state index in [-0.39, 0.29) is 30.6 Å². The molecular weight excluding hydrogens is 424 g/mol. The molecule has 0 bridgehead atoms. The summed E-state index contributed by atoms with van der Waals surface area (Å²) in [6.45, 7) is 5.90. The van der Waals surface area contributed by atoms with E-state index in [0.29, 0.717) is 16.8 Å². The topological polar surface area (TPSA) is 66.5 Å². The summed E-state index contributed by atoms with van der Waals surface area (Å²) in [6, 6.07) is 9.42. The third-order valence-corrected chi connectivity index (χ3v) is 5.66. The van der Waals surface area contributed by atoms with Gasteiger partial charge in [0.1, 0.15) is 5.82 Å². The van der Waals surface area contributed by atoms with Crippen molar-refractivity contribution in [2.24, 2.45) is 0 Å². The van der Waals surface area contributed by atoms with E-state index in [1.165, 1.54) is 0 Å². The van der Waals surface area contributed by atoms with Crippen molar-refractivity contribution in [3.05, 3.63) is 53.2 Å². The molecular formula is C22H24Cl2FN5. The van der Waals surface area contributed by atoms with Crippen molar-refractivity contribution in [3.8, 4) is 11.3 Å². The zero-order valence-corrected chi connectivity index (χ0v) is 18.5. The Morgan fingerprint density at radius 2 is 1.73 bits per heavy atom. The summed E-state index contributed by atoms with van der Waals surface area (Å²) in [4.78, 5) is 7.88. The lowest BCUT2D eigenvalue weighted by molar-refractivity contribution is 0.451. The van der Waals surface area contributed by atoms with Crippen LogP contribution in [0.15, 0.2) is 30.3 Å². The molecule has 1 fully saturated rings. The number of nitrogens with one attached hydrogen (secondary N) is 2. The Kier molecular flexibility index (Phi) is 6.60. The number of hydrogen-bond donors (Lipinski definition) is 2. The lowest BCUT2D eigenvalue weighted by atomic mass is 9.93. The number of aromatic nitrogens is 4. The molecule has 1 aliphatic rings. The number of nitrogens with zero attached hydrogens (tertiary/aromatic N) is 3. The van der Waals surface area contributed by atoms with Gasteiger partial charge in [0.25, 0.3) is 0 Å². The van der Waals surface area contributed by atoms with Crippen LogP contribution in [0.4, 0.5) is 4.39 Å². The molecule has 4 aromatic rings. The van der Waals surface area contributed by atoms with Gasteiger partial charge in [-0.25, -0.2) is 4.39 Å². The van der Waals surface area contributed by atoms with E-state index in [0.717, 1.165) is 65.2 Å². The molecule has 5 rings (SSSR count). The molecule has 0 amide bonds. The maximum Gasteiger partial charge on any atom is 0.133 e. The van der Waals surface area contributed by atoms with Crippen molar-refractivity contribution < 1.29 is 4.39 Å². The first-order valence-corrected chi connectivity index (χ1v) is 9.73. The second-order valence-corrected chi connectivity index (χ2v) is 7.68. The van der Waals surface area contributed by atoms with Gasteiger partial charge in [-0.15, -0.1) is 24.8 Å². The van der Waals surface area contributed by atoms with Gasteiger partial charge < -0.3 is 10.3 Å². The Morgan fingerprint density at radius 3 is 2.50 bits per heavy atom. The predicted molar refractivity (Wildman–Crippen MR) is 123 cm³/mol. The quantitative estimate of drug-likeness (QED) is 0.440. The highest BCUT2D eigenvalue weighted by Crippen LogP contribution is 2.31. The van der Waals surface area contributed by atoms with Gasteiger partial charge in [-0.05, 0) is 70.1 Å². The highest BCUT2D eigenvalue weighted by atomic mass is 35.5. The number of fused-ring (bicyclic) bond motifs is 2. The van der Waals surface area contributed by atoms with Gasteiger partial charge in [-0.2, -0.15) is 10.2 Å². The van der Waals surface area contributed by atoms with Crippen LogP contribution in [0.25, 0.3) is 33.1 Å². The highest BCUT2D eigenvalue weighted by molar-refractivity contribution is 5.90. The van der Waals surface area contributed by atoms with Crippen molar-refractivity contribution >= 4 is 46.6 Å². The van der Waals surface area contributed by atoms with E-state index in [2.05, 4.69) is 25.5 Å². The first-order valence-electron chi connectivity index (χ1n) is 9.73. The second kappa shape index (κ2) is 8.84. The largest absolute Gasteiger partial charge is 0.353 e. The van der Waals surface area contributed by atoms with Crippen molar-refractivity contribution in [2.75, 3.05) is 13.1 Å². The van der Waals surface area contributed by atoms with Gasteiger partial charge >= 0.3 is 0 Å². The van der Waals surface area contributed by atoms with Crippen LogP contribution in [0.3, 0.4) is 0 Å². The zero-order valence-electron chi connectivity index (χ0n) is 16.8. The first-order chi connectivity index (χ1) is 13.6. The van der Waals surface area contributed by atoms with Gasteiger partial charge in [0.05, 0.1) is 22.4 Å². The number of rotatable bonds is 2. The Balaban J connectivity index is 0.00000128. The van der Waals surface area contributed by atoms with E-state index in [9.17, 15) is 4.39 Å². The fourth-order valence-electron chi connectivity index (χ4n) is 4.21. The maximum atomic E-state index is 15.0. The van der Waals surface area contributed by atoms with Crippen LogP contribution in [-0.2, 0) is 0 Å². The van der Waals surface area contributed by atoms with E-state index in [4.69, 9.17) is 0 Å². The Hall–Kier alpha value is -2.28. The summed E-state index contributed by atoms with van der Waals surface area (Å²) in [5, 5.41) is 13.7. The van der Waals surface area contributed by atoms with Crippen LogP contribution in [-0.4, -0.2) is 33.3 Å². The number of piperidine rings is 1. The highest BCUT2D eigenvalue weighted by Gasteiger charge is 2.19. The van der Waals surface area contributed by atoms with E-state index < -0.39 is 0 Å². The van der Waals surface area contributed by atoms with Crippen LogP contribution in [0, 0.1) is 19.7 Å². The molecule has 30 heavy (non-hydrogen) atoms. The minimum absolute atomic E-state index is 0. The van der Waals surface area contributed by atoms with Crippen molar-refractivity contribution in [3.63, 3.8) is 0 Å². The van der Waals surface area contributed by atoms with E-state index in [1.54, 1.807) is 6.07 Å². The Labute approximate surface area is 186 Å². The standard InChI is InChI=1S/C22H22FN5.2ClH/c1-12-7-16-10-19(26-22(16)13(2)25-12)15-8-18(23)17-11-20(27-28-21(17)9-15)14-3-5-24-6-4-14;;/h7-11,14,24,26H,3-6H2,1-2H3;2*1H. The maximum absolute atomic E-state index is 15.0. The van der Waals surface area contributed by atoms with Crippen LogP contribution >= 0.6 is 24.8 Å². The molecule has 5 nitrogen and oxygen atoms in total. The number of hydrogen-bond acceptors (Lipinski definition) is 4. The molecule has 0 unspecified atom stereocenters. The van der Waals surface area contributed by atoms with Crippen molar-refractivity contribution in [1.82, 2.24) is 25.5 Å². The lowest BCUT2D eigenvalue weighted by Gasteiger charge is -2.21. The van der Waals surface area contributed by atoms with Crippen molar-refractivity contribution in [2.45, 2.75) is 32.6 Å². The van der Waals surface area contributed by atoms with E-state index in [1.807, 2.05) is 38.1 Å². The predicted octanol–water partition coefficient (Wildman–Crippen LogP) is 5.24. The Morgan fingerprint density at radius 1 is 0.967 bits per heavy atom. The van der Waals surface area contributed by atoms with Gasteiger partial charge in [0.15, 0.2) is 0 Å². The monoisotopic (exact) mass is 447 g/mol. The fourth-order valence-corrected chi connectivity index (χ4v) is 4.21. The SMILES string of the molecule is Cc1cc2cc(-c3cc(F)c4cc(C5CCNCC5)nnc4c3)[nH]c2c(C)n1.Cl.Cl. The van der Waals surface area contributed by atoms with Crippen LogP contribution in [0.5, 0.6) is 0 Å². The normalized spacial score (nSPS) is 14.5. The summed E-state index contributed by atoms with van der Waals surface area (Å²) in [6.07, 6.45) is 2.03. The lowest BCUT2D eigenvalue weighted by Crippen LogP contribution is -2.27. The molecule has 1 aromatic carbocycles. The molecule has 0 spiro atoms. The molecule has 0 atom stereocenters. The summed E-state index contributed by atoms with van der Waals surface area (Å²) in [5.41, 5.74) is 5.98. The second-order valence-electron chi connectivity index (χ2n) is 7.68. The summed E-state index contributed by atoms with van der Waals surface area (Å²) < 4.78 is 15.0. The summed E-state index contributed by atoms with van der Waals surface area (Å²) in [5.74, 6) is 0.0897. The summed E-state index contributed by atoms with van der Waals surface area (Å²) >= 11 is 0. The number of H-pyrrole nitrogens is 1. The molecule has 0 saturated carbocycles. The Bertz CT molecular complexity index is 1200. The molecule has 3 aromatic heterocycles. The summed E-state index contributed by atoms with van der Waals surface area (Å²) in [7, 11) is 0. The molecule has 8 heteroatoms. The molecule has 1 saturated heterocycles. The van der Waals surface area contributed by atoms with E-state index >= 15 is 0 Å². The smallest absolute Gasteiger partial charge is 0.133 e. The van der Waals surface area contributed by atoms with Crippen LogP contribution in [0.2, 0.25) is 0 Å². The zero-order chi connectivity index (χ0) is 19.3. The first kappa shape index (κ1) is 22.4. The van der Waals surface area contributed by atoms with Gasteiger partial charge in [0.2, 0.25) is 0 Å². The molecule has 4 heterocycles. The van der Waals surface area contributed by atoms with Crippen molar-refractivity contribution in [1.29, 1.82) is 0 Å². The minimum Gasteiger partial charge on any atom is -0.353 e. The molecule has 0 radical (unpaired) electrons. The van der Waals surface area contributed by atoms with Gasteiger partial charge in [-0.1, -0.05) is 0 Å². The average molecular weight is 448 g/mol. The molecule has 0 aliphatic carbocycles. The van der Waals surface area contributed by atoms with Crippen LogP contribution < -0.4 is 5.32 Å². The molecule has 158 valence electrons. The number of aromatic amines is 1. The number of aryl methyl sites for hydroxylation is 2. The third-order valence-electron chi connectivity index (χ3n) is 5.66. The van der Waals surface area contributed by atoms with Crippen LogP contribution in [0.1, 0.15) is 35.8 Å². The van der Waals surface area contributed by atoms with Gasteiger partial charge in [-0.3, -0.25) is 4.98 Å². The third kappa shape index (κ3) is 4.00. The fraction of sp³-hybridized carbons (Fsp3) is 0.318. The minimum atomic E-state index is -0.262.